The number of nitrogens with zero attached hydrogens (tertiary/aromatic N) is 3. The molecule has 2 aromatic carbocycles. The smallest absolute Gasteiger partial charge is 0.253 e. The van der Waals surface area contributed by atoms with E-state index in [1.54, 1.807) is 24.3 Å². The van der Waals surface area contributed by atoms with Crippen LogP contribution in [0, 0.1) is 0 Å². The zero-order chi connectivity index (χ0) is 23.1. The minimum absolute atomic E-state index is 0.109. The molecular weight excluding hydrogens is 446 g/mol. The van der Waals surface area contributed by atoms with Crippen LogP contribution in [0.3, 0.4) is 0 Å². The van der Waals surface area contributed by atoms with E-state index in [1.165, 1.54) is 11.8 Å². The minimum Gasteiger partial charge on any atom is -0.345 e. The highest BCUT2D eigenvalue weighted by molar-refractivity contribution is 7.99. The number of para-hydroxylation sites is 1. The highest BCUT2D eigenvalue weighted by Crippen LogP contribution is 2.24. The molecule has 9 heteroatoms. The van der Waals surface area contributed by atoms with E-state index >= 15 is 0 Å². The average molecular weight is 472 g/mol. The number of carbonyl (C=O) groups is 2. The minimum atomic E-state index is -0.279. The maximum atomic E-state index is 12.5. The molecule has 3 rings (SSSR count). The van der Waals surface area contributed by atoms with Crippen LogP contribution in [0.5, 0.6) is 0 Å². The predicted molar refractivity (Wildman–Crippen MR) is 128 cm³/mol. The molecule has 2 N–H and O–H groups in total. The van der Waals surface area contributed by atoms with Crippen molar-refractivity contribution >= 4 is 40.9 Å². The summed E-state index contributed by atoms with van der Waals surface area (Å²) in [6.07, 6.45) is 0. The van der Waals surface area contributed by atoms with Gasteiger partial charge in [-0.1, -0.05) is 67.5 Å². The van der Waals surface area contributed by atoms with Crippen LogP contribution in [0.2, 0.25) is 5.02 Å². The molecule has 168 valence electrons. The topological polar surface area (TPSA) is 88.9 Å². The van der Waals surface area contributed by atoms with Gasteiger partial charge >= 0.3 is 0 Å². The standard InChI is InChI=1S/C23H26ClN5O2S/c1-4-29-20(13-25-22(31)17-10-5-7-11-18(17)24)27-28-23(29)32-14-21(30)26-19-12-8-6-9-16(19)15(2)3/h5-12,15H,4,13-14H2,1-3H3,(H,25,31)(H,26,30). The van der Waals surface area contributed by atoms with Gasteiger partial charge in [-0.15, -0.1) is 10.2 Å². The monoisotopic (exact) mass is 471 g/mol. The van der Waals surface area contributed by atoms with Crippen LogP contribution in [0.25, 0.3) is 0 Å². The third-order valence-electron chi connectivity index (χ3n) is 4.82. The number of benzene rings is 2. The Hall–Kier alpha value is -2.84. The van der Waals surface area contributed by atoms with Crippen LogP contribution in [-0.4, -0.2) is 32.3 Å². The first-order valence-corrected chi connectivity index (χ1v) is 11.7. The molecule has 0 aliphatic carbocycles. The lowest BCUT2D eigenvalue weighted by atomic mass is 10.0. The summed E-state index contributed by atoms with van der Waals surface area (Å²) in [5, 5.41) is 15.2. The molecule has 2 amide bonds. The zero-order valence-corrected chi connectivity index (χ0v) is 19.8. The Kier molecular flexibility index (Phi) is 8.30. The quantitative estimate of drug-likeness (QED) is 0.440. The summed E-state index contributed by atoms with van der Waals surface area (Å²) in [5.74, 6) is 0.740. The van der Waals surface area contributed by atoms with Crippen molar-refractivity contribution in [3.05, 3.63) is 70.5 Å². The Balaban J connectivity index is 1.60. The van der Waals surface area contributed by atoms with E-state index in [1.807, 2.05) is 35.8 Å². The van der Waals surface area contributed by atoms with E-state index in [9.17, 15) is 9.59 Å². The first kappa shape index (κ1) is 23.8. The van der Waals surface area contributed by atoms with Gasteiger partial charge in [-0.3, -0.25) is 9.59 Å². The van der Waals surface area contributed by atoms with Gasteiger partial charge in [-0.05, 0) is 36.6 Å². The number of amides is 2. The van der Waals surface area contributed by atoms with Crippen LogP contribution in [0.4, 0.5) is 5.69 Å². The molecule has 0 atom stereocenters. The van der Waals surface area contributed by atoms with Crippen molar-refractivity contribution in [1.82, 2.24) is 20.1 Å². The summed E-state index contributed by atoms with van der Waals surface area (Å²) < 4.78 is 1.88. The molecule has 0 aliphatic rings. The summed E-state index contributed by atoms with van der Waals surface area (Å²) in [4.78, 5) is 24.9. The number of rotatable bonds is 9. The van der Waals surface area contributed by atoms with Gasteiger partial charge in [0.1, 0.15) is 0 Å². The molecule has 0 saturated carbocycles. The Bertz CT molecular complexity index is 1100. The summed E-state index contributed by atoms with van der Waals surface area (Å²) in [7, 11) is 0. The predicted octanol–water partition coefficient (Wildman–Crippen LogP) is 4.74. The fourth-order valence-electron chi connectivity index (χ4n) is 3.20. The lowest BCUT2D eigenvalue weighted by Gasteiger charge is -2.13. The second-order valence-electron chi connectivity index (χ2n) is 7.38. The average Bonchev–Trinajstić information content (AvgIpc) is 3.18. The van der Waals surface area contributed by atoms with Crippen molar-refractivity contribution in [2.75, 3.05) is 11.1 Å². The van der Waals surface area contributed by atoms with Crippen molar-refractivity contribution in [1.29, 1.82) is 0 Å². The largest absolute Gasteiger partial charge is 0.345 e. The van der Waals surface area contributed by atoms with Crippen LogP contribution in [0.15, 0.2) is 53.7 Å². The van der Waals surface area contributed by atoms with Crippen LogP contribution >= 0.6 is 23.4 Å². The first-order chi connectivity index (χ1) is 15.4. The number of nitrogens with one attached hydrogen (secondary N) is 2. The van der Waals surface area contributed by atoms with Crippen LogP contribution in [-0.2, 0) is 17.9 Å². The fourth-order valence-corrected chi connectivity index (χ4v) is 4.25. The number of hydrogen-bond donors (Lipinski definition) is 2. The maximum absolute atomic E-state index is 12.5. The lowest BCUT2D eigenvalue weighted by molar-refractivity contribution is -0.113. The van der Waals surface area contributed by atoms with Gasteiger partial charge in [0.15, 0.2) is 11.0 Å². The van der Waals surface area contributed by atoms with Crippen molar-refractivity contribution in [2.45, 2.75) is 44.9 Å². The van der Waals surface area contributed by atoms with Gasteiger partial charge in [-0.25, -0.2) is 0 Å². The van der Waals surface area contributed by atoms with Gasteiger partial charge < -0.3 is 15.2 Å². The fraction of sp³-hybridized carbons (Fsp3) is 0.304. The molecule has 1 heterocycles. The van der Waals surface area contributed by atoms with E-state index in [0.717, 1.165) is 11.3 Å². The summed E-state index contributed by atoms with van der Waals surface area (Å²) in [6.45, 7) is 6.97. The Labute approximate surface area is 197 Å². The normalized spacial score (nSPS) is 10.9. The number of thioether (sulfide) groups is 1. The van der Waals surface area contributed by atoms with Crippen molar-refractivity contribution < 1.29 is 9.59 Å². The van der Waals surface area contributed by atoms with E-state index in [-0.39, 0.29) is 24.1 Å². The highest BCUT2D eigenvalue weighted by atomic mass is 35.5. The van der Waals surface area contributed by atoms with E-state index < -0.39 is 0 Å². The third kappa shape index (κ3) is 5.89. The number of anilines is 1. The van der Waals surface area contributed by atoms with Gasteiger partial charge in [0.05, 0.1) is 22.9 Å². The molecular formula is C23H26ClN5O2S. The summed E-state index contributed by atoms with van der Waals surface area (Å²) in [6, 6.07) is 14.7. The molecule has 3 aromatic rings. The first-order valence-electron chi connectivity index (χ1n) is 10.4. The molecule has 32 heavy (non-hydrogen) atoms. The molecule has 7 nitrogen and oxygen atoms in total. The van der Waals surface area contributed by atoms with E-state index in [0.29, 0.717) is 34.0 Å². The number of aromatic nitrogens is 3. The van der Waals surface area contributed by atoms with Crippen LogP contribution < -0.4 is 10.6 Å². The molecule has 0 aliphatic heterocycles. The number of hydrogen-bond acceptors (Lipinski definition) is 5. The Morgan fingerprint density at radius 1 is 1.09 bits per heavy atom. The highest BCUT2D eigenvalue weighted by Gasteiger charge is 2.16. The van der Waals surface area contributed by atoms with Gasteiger partial charge in [0, 0.05) is 12.2 Å². The van der Waals surface area contributed by atoms with Crippen molar-refractivity contribution in [2.24, 2.45) is 0 Å². The van der Waals surface area contributed by atoms with Gasteiger partial charge in [0.2, 0.25) is 5.91 Å². The number of carbonyl (C=O) groups excluding carboxylic acids is 2. The molecule has 0 fully saturated rings. The molecule has 0 saturated heterocycles. The molecule has 0 radical (unpaired) electrons. The molecule has 0 bridgehead atoms. The second kappa shape index (κ2) is 11.2. The van der Waals surface area contributed by atoms with Gasteiger partial charge in [-0.2, -0.15) is 0 Å². The molecule has 0 spiro atoms. The second-order valence-corrected chi connectivity index (χ2v) is 8.73. The van der Waals surface area contributed by atoms with Crippen LogP contribution in [0.1, 0.15) is 48.4 Å². The SMILES string of the molecule is CCn1c(CNC(=O)c2ccccc2Cl)nnc1SCC(=O)Nc1ccccc1C(C)C. The summed E-state index contributed by atoms with van der Waals surface area (Å²) >= 11 is 7.39. The maximum Gasteiger partial charge on any atom is 0.253 e. The molecule has 0 unspecified atom stereocenters. The number of halogens is 1. The summed E-state index contributed by atoms with van der Waals surface area (Å²) in [5.41, 5.74) is 2.33. The van der Waals surface area contributed by atoms with Crippen molar-refractivity contribution in [3.8, 4) is 0 Å². The van der Waals surface area contributed by atoms with E-state index in [4.69, 9.17) is 11.6 Å². The van der Waals surface area contributed by atoms with Crippen molar-refractivity contribution in [3.63, 3.8) is 0 Å². The third-order valence-corrected chi connectivity index (χ3v) is 6.12. The van der Waals surface area contributed by atoms with Gasteiger partial charge in [0.25, 0.3) is 5.91 Å². The lowest BCUT2D eigenvalue weighted by Crippen LogP contribution is -2.25. The molecule has 1 aromatic heterocycles. The Morgan fingerprint density at radius 2 is 1.81 bits per heavy atom. The van der Waals surface area contributed by atoms with E-state index in [2.05, 4.69) is 34.7 Å². The zero-order valence-electron chi connectivity index (χ0n) is 18.3. The Morgan fingerprint density at radius 3 is 2.53 bits per heavy atom.